The van der Waals surface area contributed by atoms with Crippen LogP contribution in [0.3, 0.4) is 0 Å². The molecule has 0 bridgehead atoms. The topological polar surface area (TPSA) is 44.1 Å². The molecule has 5 heteroatoms. The Bertz CT molecular complexity index is 1250. The zero-order chi connectivity index (χ0) is 22.1. The number of aromatic nitrogens is 2. The summed E-state index contributed by atoms with van der Waals surface area (Å²) in [4.78, 5) is 19.4. The number of terminal acetylenes is 1. The predicted octanol–water partition coefficient (Wildman–Crippen LogP) is 5.39. The fraction of sp³-hybridized carbons (Fsp3) is 0.333. The molecule has 0 unspecified atom stereocenters. The number of nitrogens with zero attached hydrogens (tertiary/aromatic N) is 2. The highest BCUT2D eigenvalue weighted by Gasteiger charge is 2.43. The highest BCUT2D eigenvalue weighted by atomic mass is 32.2. The van der Waals surface area contributed by atoms with E-state index in [9.17, 15) is 4.79 Å². The van der Waals surface area contributed by atoms with Crippen LogP contribution in [0.1, 0.15) is 43.2 Å². The van der Waals surface area contributed by atoms with Crippen LogP contribution in [0, 0.1) is 12.3 Å². The van der Waals surface area contributed by atoms with E-state index < -0.39 is 0 Å². The molecule has 32 heavy (non-hydrogen) atoms. The molecule has 1 spiro atoms. The summed E-state index contributed by atoms with van der Waals surface area (Å²) in [6.45, 7) is 0. The van der Waals surface area contributed by atoms with Gasteiger partial charge in [0.05, 0.1) is 29.8 Å². The quantitative estimate of drug-likeness (QED) is 0.309. The summed E-state index contributed by atoms with van der Waals surface area (Å²) in [5, 5.41) is 0.638. The average Bonchev–Trinajstić information content (AvgIpc) is 2.83. The molecular weight excluding hydrogens is 416 g/mol. The number of ether oxygens (including phenoxy) is 1. The van der Waals surface area contributed by atoms with Crippen LogP contribution in [0.4, 0.5) is 0 Å². The van der Waals surface area contributed by atoms with Crippen LogP contribution < -0.4 is 10.3 Å². The fourth-order valence-corrected chi connectivity index (χ4v) is 6.04. The number of hydrogen-bond acceptors (Lipinski definition) is 4. The van der Waals surface area contributed by atoms with Gasteiger partial charge in [0.15, 0.2) is 5.16 Å². The maximum absolute atomic E-state index is 14.3. The van der Waals surface area contributed by atoms with Gasteiger partial charge in [-0.2, -0.15) is 0 Å². The van der Waals surface area contributed by atoms with Gasteiger partial charge in [-0.25, -0.2) is 4.98 Å². The van der Waals surface area contributed by atoms with Gasteiger partial charge in [-0.15, -0.1) is 6.42 Å². The van der Waals surface area contributed by atoms with Crippen LogP contribution in [-0.4, -0.2) is 22.4 Å². The van der Waals surface area contributed by atoms with Crippen molar-refractivity contribution in [1.29, 1.82) is 0 Å². The van der Waals surface area contributed by atoms with Crippen LogP contribution >= 0.6 is 11.8 Å². The molecule has 0 aliphatic heterocycles. The van der Waals surface area contributed by atoms with Gasteiger partial charge in [0, 0.05) is 11.0 Å². The summed E-state index contributed by atoms with van der Waals surface area (Å²) >= 11 is 1.43. The lowest BCUT2D eigenvalue weighted by atomic mass is 9.62. The van der Waals surface area contributed by atoms with E-state index in [-0.39, 0.29) is 11.0 Å². The number of fused-ring (bicyclic) bond motifs is 4. The Hall–Kier alpha value is -2.97. The van der Waals surface area contributed by atoms with Crippen molar-refractivity contribution in [3.63, 3.8) is 0 Å². The standard InChI is InChI=1S/C27H26N2O2S/c1-3-17-32-26-28-24-22-10-6-5-9-19(22)18-27(15-7-4-8-16-27)23(24)25(30)29(26)20-11-13-21(31-2)14-12-20/h1,5-6,9-14H,4,7-8,15-18H2,2H3. The van der Waals surface area contributed by atoms with Crippen molar-refractivity contribution >= 4 is 11.8 Å². The van der Waals surface area contributed by atoms with E-state index in [1.165, 1.54) is 23.7 Å². The fourth-order valence-electron chi connectivity index (χ4n) is 5.35. The third-order valence-electron chi connectivity index (χ3n) is 6.81. The molecule has 0 amide bonds. The number of hydrogen-bond donors (Lipinski definition) is 0. The van der Waals surface area contributed by atoms with E-state index in [2.05, 4.69) is 24.1 Å². The summed E-state index contributed by atoms with van der Waals surface area (Å²) in [5.74, 6) is 3.88. The molecule has 1 fully saturated rings. The Morgan fingerprint density at radius 1 is 1.12 bits per heavy atom. The summed E-state index contributed by atoms with van der Waals surface area (Å²) in [6.07, 6.45) is 12.1. The Kier molecular flexibility index (Phi) is 5.57. The van der Waals surface area contributed by atoms with Gasteiger partial charge in [-0.05, 0) is 49.1 Å². The molecule has 2 aromatic carbocycles. The molecule has 4 nitrogen and oxygen atoms in total. The van der Waals surface area contributed by atoms with E-state index >= 15 is 0 Å². The first-order valence-electron chi connectivity index (χ1n) is 11.1. The van der Waals surface area contributed by atoms with Gasteiger partial charge in [0.2, 0.25) is 0 Å². The minimum atomic E-state index is -0.143. The summed E-state index contributed by atoms with van der Waals surface area (Å²) < 4.78 is 7.07. The molecule has 1 heterocycles. The van der Waals surface area contributed by atoms with Gasteiger partial charge in [-0.1, -0.05) is 61.2 Å². The molecule has 0 atom stereocenters. The number of rotatable bonds is 4. The van der Waals surface area contributed by atoms with E-state index in [0.717, 1.165) is 60.4 Å². The Morgan fingerprint density at radius 3 is 2.59 bits per heavy atom. The first kappa shape index (κ1) is 20.9. The third-order valence-corrected chi connectivity index (χ3v) is 7.65. The minimum absolute atomic E-state index is 0.0380. The summed E-state index contributed by atoms with van der Waals surface area (Å²) in [7, 11) is 1.64. The van der Waals surface area contributed by atoms with Crippen molar-refractivity contribution in [3.05, 3.63) is 70.0 Å². The Labute approximate surface area is 193 Å². The Balaban J connectivity index is 1.80. The van der Waals surface area contributed by atoms with Crippen LogP contribution in [0.2, 0.25) is 0 Å². The molecule has 0 N–H and O–H groups in total. The molecule has 0 radical (unpaired) electrons. The third kappa shape index (κ3) is 3.43. The van der Waals surface area contributed by atoms with Crippen LogP contribution in [0.15, 0.2) is 58.5 Å². The SMILES string of the molecule is C#CCSc1nc2c(c(=O)n1-c1ccc(OC)cc1)C1(CCCCC1)Cc1ccccc1-2. The summed E-state index contributed by atoms with van der Waals surface area (Å²) in [5.41, 5.74) is 4.80. The first-order chi connectivity index (χ1) is 15.7. The molecule has 1 saturated carbocycles. The number of thioether (sulfide) groups is 1. The van der Waals surface area contributed by atoms with Crippen molar-refractivity contribution in [1.82, 2.24) is 9.55 Å². The van der Waals surface area contributed by atoms with Gasteiger partial charge >= 0.3 is 0 Å². The summed E-state index contributed by atoms with van der Waals surface area (Å²) in [6, 6.07) is 16.0. The lowest BCUT2D eigenvalue weighted by Crippen LogP contribution is -2.42. The average molecular weight is 443 g/mol. The molecule has 5 rings (SSSR count). The predicted molar refractivity (Wildman–Crippen MR) is 130 cm³/mol. The van der Waals surface area contributed by atoms with Crippen LogP contribution in [-0.2, 0) is 11.8 Å². The zero-order valence-corrected chi connectivity index (χ0v) is 19.1. The number of methoxy groups -OCH3 is 1. The normalized spacial score (nSPS) is 16.1. The van der Waals surface area contributed by atoms with Crippen molar-refractivity contribution in [3.8, 4) is 35.0 Å². The lowest BCUT2D eigenvalue weighted by molar-refractivity contribution is 0.283. The molecule has 0 saturated heterocycles. The maximum atomic E-state index is 14.3. The highest BCUT2D eigenvalue weighted by Crippen LogP contribution is 2.49. The second kappa shape index (κ2) is 8.52. The van der Waals surface area contributed by atoms with Gasteiger partial charge in [0.25, 0.3) is 5.56 Å². The maximum Gasteiger partial charge on any atom is 0.263 e. The van der Waals surface area contributed by atoms with Crippen molar-refractivity contribution < 1.29 is 4.74 Å². The number of benzene rings is 2. The van der Waals surface area contributed by atoms with Crippen molar-refractivity contribution in [2.45, 2.75) is 49.1 Å². The van der Waals surface area contributed by atoms with E-state index in [1.54, 1.807) is 11.7 Å². The first-order valence-corrected chi connectivity index (χ1v) is 12.1. The van der Waals surface area contributed by atoms with E-state index in [1.807, 2.05) is 30.3 Å². The van der Waals surface area contributed by atoms with E-state index in [4.69, 9.17) is 16.1 Å². The second-order valence-corrected chi connectivity index (χ2v) is 9.57. The molecule has 1 aromatic heterocycles. The Morgan fingerprint density at radius 2 is 1.88 bits per heavy atom. The minimum Gasteiger partial charge on any atom is -0.497 e. The second-order valence-electron chi connectivity index (χ2n) is 8.62. The van der Waals surface area contributed by atoms with Gasteiger partial charge in [0.1, 0.15) is 5.75 Å². The van der Waals surface area contributed by atoms with Gasteiger partial charge in [-0.3, -0.25) is 9.36 Å². The molecule has 3 aromatic rings. The van der Waals surface area contributed by atoms with Gasteiger partial charge < -0.3 is 4.74 Å². The van der Waals surface area contributed by atoms with Crippen molar-refractivity contribution in [2.75, 3.05) is 12.9 Å². The van der Waals surface area contributed by atoms with E-state index in [0.29, 0.717) is 10.9 Å². The van der Waals surface area contributed by atoms with Crippen molar-refractivity contribution in [2.24, 2.45) is 0 Å². The largest absolute Gasteiger partial charge is 0.497 e. The highest BCUT2D eigenvalue weighted by molar-refractivity contribution is 7.99. The molecule has 2 aliphatic rings. The monoisotopic (exact) mass is 442 g/mol. The van der Waals surface area contributed by atoms with Crippen LogP contribution in [0.25, 0.3) is 16.9 Å². The zero-order valence-electron chi connectivity index (χ0n) is 18.3. The van der Waals surface area contributed by atoms with Crippen LogP contribution in [0.5, 0.6) is 5.75 Å². The molecule has 2 aliphatic carbocycles. The molecule has 162 valence electrons. The molecular formula is C27H26N2O2S. The smallest absolute Gasteiger partial charge is 0.263 e. The lowest BCUT2D eigenvalue weighted by Gasteiger charge is -2.42.